The second-order valence-electron chi connectivity index (χ2n) is 6.85. The fourth-order valence-corrected chi connectivity index (χ4v) is 3.44. The van der Waals surface area contributed by atoms with Gasteiger partial charge in [-0.2, -0.15) is 0 Å². The minimum atomic E-state index is 0.663. The van der Waals surface area contributed by atoms with Crippen LogP contribution in [0, 0.1) is 0 Å². The molecule has 0 saturated carbocycles. The van der Waals surface area contributed by atoms with E-state index in [2.05, 4.69) is 25.3 Å². The zero-order chi connectivity index (χ0) is 16.0. The second kappa shape index (κ2) is 12.8. The van der Waals surface area contributed by atoms with Crippen molar-refractivity contribution in [2.24, 2.45) is 0 Å². The second-order valence-corrected chi connectivity index (χ2v) is 6.85. The lowest BCUT2D eigenvalue weighted by atomic mass is 9.98. The Balaban J connectivity index is 2.33. The molecule has 0 aromatic carbocycles. The Bertz CT molecular complexity index is 263. The maximum atomic E-state index is 5.69. The third kappa shape index (κ3) is 8.10. The summed E-state index contributed by atoms with van der Waals surface area (Å²) in [6, 6.07) is 0.663. The highest BCUT2D eigenvalue weighted by atomic mass is 16.5. The van der Waals surface area contributed by atoms with E-state index in [-0.39, 0.29) is 0 Å². The van der Waals surface area contributed by atoms with Crippen molar-refractivity contribution < 1.29 is 4.74 Å². The molecule has 2 nitrogen and oxygen atoms in total. The van der Waals surface area contributed by atoms with Crippen LogP contribution in [-0.4, -0.2) is 24.1 Å². The predicted molar refractivity (Wildman–Crippen MR) is 97.0 cm³/mol. The Labute approximate surface area is 139 Å². The molecule has 1 rings (SSSR count). The largest absolute Gasteiger partial charge is 0.479 e. The number of nitrogens with zero attached hydrogens (tertiary/aromatic N) is 1. The molecular formula is C20H39NO. The maximum Gasteiger partial charge on any atom is 0.182 e. The van der Waals surface area contributed by atoms with E-state index in [0.29, 0.717) is 6.04 Å². The van der Waals surface area contributed by atoms with Gasteiger partial charge in [0.05, 0.1) is 6.61 Å². The van der Waals surface area contributed by atoms with Crippen LogP contribution >= 0.6 is 0 Å². The van der Waals surface area contributed by atoms with Crippen LogP contribution in [0.1, 0.15) is 97.3 Å². The van der Waals surface area contributed by atoms with Crippen LogP contribution in [0.2, 0.25) is 0 Å². The molecule has 22 heavy (non-hydrogen) atoms. The molecule has 130 valence electrons. The summed E-state index contributed by atoms with van der Waals surface area (Å²) >= 11 is 0. The summed E-state index contributed by atoms with van der Waals surface area (Å²) in [6.07, 6.45) is 17.5. The van der Waals surface area contributed by atoms with E-state index in [0.717, 1.165) is 25.5 Å². The fourth-order valence-electron chi connectivity index (χ4n) is 3.44. The van der Waals surface area contributed by atoms with Gasteiger partial charge in [-0.1, -0.05) is 78.1 Å². The standard InChI is InChI=1S/C20H39NO/c1-4-6-8-10-12-15-20(16-13-11-9-7-5-2)21-17-14-18-22-19(21)3/h20H,3-18H2,1-2H3. The molecule has 1 saturated heterocycles. The van der Waals surface area contributed by atoms with E-state index >= 15 is 0 Å². The first-order chi connectivity index (χ1) is 10.8. The van der Waals surface area contributed by atoms with Crippen molar-refractivity contribution in [3.63, 3.8) is 0 Å². The Hall–Kier alpha value is -0.660. The van der Waals surface area contributed by atoms with Crippen molar-refractivity contribution in [3.8, 4) is 0 Å². The Morgan fingerprint density at radius 2 is 1.45 bits per heavy atom. The first-order valence-electron chi connectivity index (χ1n) is 9.88. The normalized spacial score (nSPS) is 15.4. The molecule has 0 radical (unpaired) electrons. The van der Waals surface area contributed by atoms with E-state index < -0.39 is 0 Å². The lowest BCUT2D eigenvalue weighted by Gasteiger charge is -2.37. The number of unbranched alkanes of at least 4 members (excludes halogenated alkanes) is 8. The van der Waals surface area contributed by atoms with Gasteiger partial charge in [0, 0.05) is 12.6 Å². The molecule has 1 aliphatic rings. The molecule has 0 N–H and O–H groups in total. The van der Waals surface area contributed by atoms with Crippen molar-refractivity contribution in [2.75, 3.05) is 13.2 Å². The lowest BCUT2D eigenvalue weighted by molar-refractivity contribution is 0.0341. The van der Waals surface area contributed by atoms with Crippen molar-refractivity contribution >= 4 is 0 Å². The molecule has 1 aliphatic heterocycles. The average Bonchev–Trinajstić information content (AvgIpc) is 2.53. The van der Waals surface area contributed by atoms with Gasteiger partial charge >= 0.3 is 0 Å². The van der Waals surface area contributed by atoms with E-state index in [1.807, 2.05) is 0 Å². The van der Waals surface area contributed by atoms with Gasteiger partial charge in [-0.15, -0.1) is 0 Å². The van der Waals surface area contributed by atoms with Gasteiger partial charge in [0.15, 0.2) is 5.88 Å². The predicted octanol–water partition coefficient (Wildman–Crippen LogP) is 6.27. The monoisotopic (exact) mass is 309 g/mol. The Morgan fingerprint density at radius 1 is 0.909 bits per heavy atom. The first kappa shape index (κ1) is 19.4. The zero-order valence-corrected chi connectivity index (χ0v) is 15.2. The van der Waals surface area contributed by atoms with Gasteiger partial charge < -0.3 is 9.64 Å². The number of ether oxygens (including phenoxy) is 1. The molecule has 0 aromatic rings. The molecule has 0 aromatic heterocycles. The van der Waals surface area contributed by atoms with Crippen LogP contribution in [0.4, 0.5) is 0 Å². The van der Waals surface area contributed by atoms with Gasteiger partial charge in [-0.05, 0) is 25.8 Å². The zero-order valence-electron chi connectivity index (χ0n) is 15.2. The van der Waals surface area contributed by atoms with Crippen LogP contribution in [0.5, 0.6) is 0 Å². The van der Waals surface area contributed by atoms with E-state index in [9.17, 15) is 0 Å². The molecule has 0 spiro atoms. The molecule has 0 aliphatic carbocycles. The van der Waals surface area contributed by atoms with Gasteiger partial charge in [0.25, 0.3) is 0 Å². The molecule has 0 amide bonds. The van der Waals surface area contributed by atoms with Crippen molar-refractivity contribution in [2.45, 2.75) is 103 Å². The summed E-state index contributed by atoms with van der Waals surface area (Å²) in [7, 11) is 0. The average molecular weight is 310 g/mol. The van der Waals surface area contributed by atoms with Crippen LogP contribution in [-0.2, 0) is 4.74 Å². The summed E-state index contributed by atoms with van der Waals surface area (Å²) in [4.78, 5) is 2.46. The van der Waals surface area contributed by atoms with E-state index in [4.69, 9.17) is 4.74 Å². The molecule has 1 heterocycles. The highest BCUT2D eigenvalue weighted by molar-refractivity contribution is 4.91. The SMILES string of the molecule is C=C1OCCCN1C(CCCCCCC)CCCCCCC. The fraction of sp³-hybridized carbons (Fsp3) is 0.900. The van der Waals surface area contributed by atoms with Gasteiger partial charge in [-0.3, -0.25) is 0 Å². The molecule has 0 unspecified atom stereocenters. The Morgan fingerprint density at radius 3 is 1.95 bits per heavy atom. The third-order valence-corrected chi connectivity index (χ3v) is 4.85. The summed E-state index contributed by atoms with van der Waals surface area (Å²) in [5.74, 6) is 0.929. The molecule has 0 bridgehead atoms. The van der Waals surface area contributed by atoms with Crippen LogP contribution in [0.25, 0.3) is 0 Å². The molecular weight excluding hydrogens is 270 g/mol. The van der Waals surface area contributed by atoms with Gasteiger partial charge in [-0.25, -0.2) is 0 Å². The highest BCUT2D eigenvalue weighted by Gasteiger charge is 2.22. The van der Waals surface area contributed by atoms with E-state index in [1.165, 1.54) is 77.0 Å². The lowest BCUT2D eigenvalue weighted by Crippen LogP contribution is -2.39. The van der Waals surface area contributed by atoms with Crippen LogP contribution in [0.3, 0.4) is 0 Å². The highest BCUT2D eigenvalue weighted by Crippen LogP contribution is 2.24. The van der Waals surface area contributed by atoms with Crippen molar-refractivity contribution in [1.82, 2.24) is 4.90 Å². The summed E-state index contributed by atoms with van der Waals surface area (Å²) < 4.78 is 5.69. The summed E-state index contributed by atoms with van der Waals surface area (Å²) in [6.45, 7) is 10.7. The topological polar surface area (TPSA) is 12.5 Å². The minimum absolute atomic E-state index is 0.663. The first-order valence-corrected chi connectivity index (χ1v) is 9.88. The summed E-state index contributed by atoms with van der Waals surface area (Å²) in [5, 5.41) is 0. The number of rotatable bonds is 13. The van der Waals surface area contributed by atoms with Crippen molar-refractivity contribution in [3.05, 3.63) is 12.5 Å². The van der Waals surface area contributed by atoms with E-state index in [1.54, 1.807) is 0 Å². The van der Waals surface area contributed by atoms with Gasteiger partial charge in [0.2, 0.25) is 0 Å². The molecule has 0 atom stereocenters. The van der Waals surface area contributed by atoms with Crippen molar-refractivity contribution in [1.29, 1.82) is 0 Å². The molecule has 2 heteroatoms. The summed E-state index contributed by atoms with van der Waals surface area (Å²) in [5.41, 5.74) is 0. The third-order valence-electron chi connectivity index (χ3n) is 4.85. The van der Waals surface area contributed by atoms with Crippen LogP contribution < -0.4 is 0 Å². The maximum absolute atomic E-state index is 5.69. The number of hydrogen-bond acceptors (Lipinski definition) is 2. The minimum Gasteiger partial charge on any atom is -0.479 e. The smallest absolute Gasteiger partial charge is 0.182 e. The Kier molecular flexibility index (Phi) is 11.3. The van der Waals surface area contributed by atoms with Crippen LogP contribution in [0.15, 0.2) is 12.5 Å². The van der Waals surface area contributed by atoms with Gasteiger partial charge in [0.1, 0.15) is 0 Å². The quantitative estimate of drug-likeness (QED) is 0.372. The molecule has 1 fully saturated rings. The number of hydrogen-bond donors (Lipinski definition) is 0.